The van der Waals surface area contributed by atoms with E-state index in [0.717, 1.165) is 49.8 Å². The number of urea groups is 1. The molecule has 184 valence electrons. The van der Waals surface area contributed by atoms with Crippen LogP contribution in [-0.2, 0) is 11.4 Å². The van der Waals surface area contributed by atoms with Crippen molar-refractivity contribution in [3.8, 4) is 5.75 Å². The summed E-state index contributed by atoms with van der Waals surface area (Å²) < 4.78 is 5.79. The third-order valence-corrected chi connectivity index (χ3v) is 6.29. The number of unbranched alkanes of at least 4 members (excludes halogenated alkanes) is 1. The van der Waals surface area contributed by atoms with Gasteiger partial charge in [-0.2, -0.15) is 0 Å². The van der Waals surface area contributed by atoms with Gasteiger partial charge in [0.1, 0.15) is 18.4 Å². The Morgan fingerprint density at radius 3 is 2.38 bits per heavy atom. The molecular formula is C27H38N4O3. The van der Waals surface area contributed by atoms with Gasteiger partial charge in [-0.05, 0) is 87.2 Å². The Kier molecular flexibility index (Phi) is 10.2. The van der Waals surface area contributed by atoms with E-state index in [1.807, 2.05) is 42.5 Å². The average molecular weight is 467 g/mol. The molecule has 0 bridgehead atoms. The third-order valence-electron chi connectivity index (χ3n) is 6.29. The first kappa shape index (κ1) is 25.6. The quantitative estimate of drug-likeness (QED) is 0.364. The van der Waals surface area contributed by atoms with Crippen molar-refractivity contribution in [2.75, 3.05) is 11.9 Å². The van der Waals surface area contributed by atoms with Gasteiger partial charge in [0.15, 0.2) is 0 Å². The van der Waals surface area contributed by atoms with Crippen molar-refractivity contribution < 1.29 is 14.3 Å². The van der Waals surface area contributed by atoms with Crippen LogP contribution in [0.3, 0.4) is 0 Å². The van der Waals surface area contributed by atoms with E-state index in [4.69, 9.17) is 10.5 Å². The minimum atomic E-state index is -0.584. The minimum absolute atomic E-state index is 0.114. The number of hydrogen-bond acceptors (Lipinski definition) is 4. The largest absolute Gasteiger partial charge is 0.489 e. The third kappa shape index (κ3) is 8.71. The van der Waals surface area contributed by atoms with Crippen LogP contribution in [-0.4, -0.2) is 30.6 Å². The second kappa shape index (κ2) is 13.6. The second-order valence-electron chi connectivity index (χ2n) is 9.20. The fourth-order valence-electron chi connectivity index (χ4n) is 4.17. The number of benzene rings is 2. The fourth-order valence-corrected chi connectivity index (χ4v) is 4.17. The normalized spacial score (nSPS) is 18.5. The van der Waals surface area contributed by atoms with Crippen LogP contribution >= 0.6 is 0 Å². The summed E-state index contributed by atoms with van der Waals surface area (Å²) in [5.41, 5.74) is 7.33. The first-order chi connectivity index (χ1) is 16.5. The molecule has 1 fully saturated rings. The molecule has 0 saturated heterocycles. The molecule has 1 saturated carbocycles. The van der Waals surface area contributed by atoms with E-state index < -0.39 is 12.1 Å². The number of nitrogens with one attached hydrogen (secondary N) is 3. The zero-order valence-electron chi connectivity index (χ0n) is 20.1. The molecule has 34 heavy (non-hydrogen) atoms. The van der Waals surface area contributed by atoms with Gasteiger partial charge in [0, 0.05) is 11.7 Å². The van der Waals surface area contributed by atoms with Crippen LogP contribution in [0.5, 0.6) is 5.75 Å². The predicted molar refractivity (Wildman–Crippen MR) is 136 cm³/mol. The minimum Gasteiger partial charge on any atom is -0.489 e. The van der Waals surface area contributed by atoms with E-state index >= 15 is 0 Å². The van der Waals surface area contributed by atoms with Crippen molar-refractivity contribution in [3.63, 3.8) is 0 Å². The number of hydrogen-bond donors (Lipinski definition) is 4. The van der Waals surface area contributed by atoms with Crippen LogP contribution in [0, 0.1) is 5.92 Å². The number of carbonyl (C=O) groups excluding carboxylic acids is 2. The molecule has 0 aromatic heterocycles. The molecule has 0 radical (unpaired) electrons. The van der Waals surface area contributed by atoms with Gasteiger partial charge in [-0.25, -0.2) is 4.79 Å². The van der Waals surface area contributed by atoms with E-state index in [1.165, 1.54) is 0 Å². The van der Waals surface area contributed by atoms with Gasteiger partial charge >= 0.3 is 6.03 Å². The molecule has 0 heterocycles. The van der Waals surface area contributed by atoms with Crippen molar-refractivity contribution in [1.29, 1.82) is 0 Å². The van der Waals surface area contributed by atoms with Crippen molar-refractivity contribution in [2.24, 2.45) is 11.7 Å². The van der Waals surface area contributed by atoms with E-state index in [1.54, 1.807) is 12.1 Å². The highest BCUT2D eigenvalue weighted by atomic mass is 16.5. The zero-order valence-corrected chi connectivity index (χ0v) is 20.1. The van der Waals surface area contributed by atoms with Gasteiger partial charge in [-0.15, -0.1) is 0 Å². The molecule has 5 N–H and O–H groups in total. The van der Waals surface area contributed by atoms with Gasteiger partial charge in [-0.1, -0.05) is 37.3 Å². The lowest BCUT2D eigenvalue weighted by atomic mass is 9.87. The molecule has 2 aromatic carbocycles. The molecule has 0 aliphatic heterocycles. The highest BCUT2D eigenvalue weighted by Gasteiger charge is 2.25. The maximum absolute atomic E-state index is 12.9. The molecule has 2 aromatic rings. The molecule has 3 rings (SSSR count). The van der Waals surface area contributed by atoms with Gasteiger partial charge in [0.25, 0.3) is 0 Å². The van der Waals surface area contributed by atoms with Crippen molar-refractivity contribution >= 4 is 17.6 Å². The molecular weight excluding hydrogens is 428 g/mol. The maximum Gasteiger partial charge on any atom is 0.319 e. The molecule has 7 heteroatoms. The monoisotopic (exact) mass is 466 g/mol. The number of amides is 3. The Morgan fingerprint density at radius 2 is 1.71 bits per heavy atom. The highest BCUT2D eigenvalue weighted by molar-refractivity contribution is 5.93. The van der Waals surface area contributed by atoms with E-state index in [0.29, 0.717) is 31.2 Å². The predicted octanol–water partition coefficient (Wildman–Crippen LogP) is 4.58. The maximum atomic E-state index is 12.9. The Bertz CT molecular complexity index is 881. The van der Waals surface area contributed by atoms with Crippen LogP contribution in [0.2, 0.25) is 0 Å². The highest BCUT2D eigenvalue weighted by Crippen LogP contribution is 2.23. The van der Waals surface area contributed by atoms with Crippen molar-refractivity contribution in [3.05, 3.63) is 60.2 Å². The summed E-state index contributed by atoms with van der Waals surface area (Å²) in [6.07, 6.45) is 6.40. The Hall–Kier alpha value is -3.06. The summed E-state index contributed by atoms with van der Waals surface area (Å²) in [5, 5.41) is 8.81. The van der Waals surface area contributed by atoms with Crippen molar-refractivity contribution in [1.82, 2.24) is 10.6 Å². The Labute approximate surface area is 202 Å². The molecule has 0 spiro atoms. The van der Waals surface area contributed by atoms with Crippen LogP contribution in [0.1, 0.15) is 57.4 Å². The number of anilines is 1. The van der Waals surface area contributed by atoms with E-state index in [9.17, 15) is 9.59 Å². The first-order valence-corrected chi connectivity index (χ1v) is 12.4. The van der Waals surface area contributed by atoms with Crippen molar-refractivity contribution in [2.45, 2.75) is 70.6 Å². The Morgan fingerprint density at radius 1 is 1.00 bits per heavy atom. The van der Waals surface area contributed by atoms with Gasteiger partial charge < -0.3 is 26.4 Å². The molecule has 3 amide bonds. The zero-order chi connectivity index (χ0) is 24.2. The smallest absolute Gasteiger partial charge is 0.319 e. The van der Waals surface area contributed by atoms with Gasteiger partial charge in [0.2, 0.25) is 5.91 Å². The molecule has 1 atom stereocenters. The fraction of sp³-hybridized carbons (Fsp3) is 0.481. The standard InChI is InChI=1S/C27H38N4O3/c1-20-10-12-22(13-11-20)29-26(32)25(9-5-6-18-28)31-27(33)30-23-14-16-24(17-15-23)34-19-21-7-3-2-4-8-21/h2-4,7-8,14-17,20,22,25H,5-6,9-13,18-19,28H2,1H3,(H,29,32)(H2,30,31,33)/t20?,22?,25-/m0/s1. The number of ether oxygens (including phenoxy) is 1. The lowest BCUT2D eigenvalue weighted by molar-refractivity contribution is -0.124. The van der Waals surface area contributed by atoms with Crippen LogP contribution < -0.4 is 26.4 Å². The molecule has 7 nitrogen and oxygen atoms in total. The molecule has 0 unspecified atom stereocenters. The SMILES string of the molecule is CC1CCC(NC(=O)[C@H](CCCCN)NC(=O)Nc2ccc(OCc3ccccc3)cc2)CC1. The van der Waals surface area contributed by atoms with Gasteiger partial charge in [-0.3, -0.25) is 4.79 Å². The van der Waals surface area contributed by atoms with E-state index in [-0.39, 0.29) is 11.9 Å². The summed E-state index contributed by atoms with van der Waals surface area (Å²) in [4.78, 5) is 25.5. The van der Waals surface area contributed by atoms with Gasteiger partial charge in [0.05, 0.1) is 0 Å². The lowest BCUT2D eigenvalue weighted by Crippen LogP contribution is -2.51. The number of carbonyl (C=O) groups is 2. The summed E-state index contributed by atoms with van der Waals surface area (Å²) >= 11 is 0. The van der Waals surface area contributed by atoms with Crippen LogP contribution in [0.25, 0.3) is 0 Å². The summed E-state index contributed by atoms with van der Waals surface area (Å²) in [6, 6.07) is 16.3. The number of rotatable bonds is 11. The topological polar surface area (TPSA) is 105 Å². The molecule has 1 aliphatic carbocycles. The van der Waals surface area contributed by atoms with Crippen LogP contribution in [0.15, 0.2) is 54.6 Å². The summed E-state index contributed by atoms with van der Waals surface area (Å²) in [7, 11) is 0. The Balaban J connectivity index is 1.49. The summed E-state index contributed by atoms with van der Waals surface area (Å²) in [6.45, 7) is 3.30. The lowest BCUT2D eigenvalue weighted by Gasteiger charge is -2.29. The van der Waals surface area contributed by atoms with Crippen LogP contribution in [0.4, 0.5) is 10.5 Å². The van der Waals surface area contributed by atoms with E-state index in [2.05, 4.69) is 22.9 Å². The first-order valence-electron chi connectivity index (χ1n) is 12.4. The second-order valence-corrected chi connectivity index (χ2v) is 9.20. The summed E-state index contributed by atoms with van der Waals surface area (Å²) in [5.74, 6) is 1.32. The number of nitrogens with two attached hydrogens (primary N) is 1. The average Bonchev–Trinajstić information content (AvgIpc) is 2.85. The molecule has 1 aliphatic rings.